The first-order chi connectivity index (χ1) is 9.45. The first kappa shape index (κ1) is 15.1. The quantitative estimate of drug-likeness (QED) is 0.880. The molecule has 20 heavy (non-hydrogen) atoms. The molecule has 0 unspecified atom stereocenters. The molecule has 0 bridgehead atoms. The predicted molar refractivity (Wildman–Crippen MR) is 81.4 cm³/mol. The van der Waals surface area contributed by atoms with Crippen LogP contribution in [0.5, 0.6) is 0 Å². The van der Waals surface area contributed by atoms with E-state index >= 15 is 0 Å². The second-order valence-corrected chi connectivity index (χ2v) is 6.33. The maximum absolute atomic E-state index is 12.4. The van der Waals surface area contributed by atoms with E-state index in [0.29, 0.717) is 23.9 Å². The third kappa shape index (κ3) is 3.21. The highest BCUT2D eigenvalue weighted by atomic mass is 32.1. The van der Waals surface area contributed by atoms with Crippen LogP contribution in [0.1, 0.15) is 36.4 Å². The number of rotatable bonds is 4. The lowest BCUT2D eigenvalue weighted by Crippen LogP contribution is -2.49. The lowest BCUT2D eigenvalue weighted by atomic mass is 9.92. The molecule has 2 rings (SSSR count). The number of carbonyl (C=O) groups is 1. The molecule has 0 atom stereocenters. The van der Waals surface area contributed by atoms with Crippen LogP contribution >= 0.6 is 11.3 Å². The van der Waals surface area contributed by atoms with Gasteiger partial charge in [-0.15, -0.1) is 0 Å². The van der Waals surface area contributed by atoms with Crippen LogP contribution in [0.4, 0.5) is 10.9 Å². The van der Waals surface area contributed by atoms with Crippen molar-refractivity contribution in [3.63, 3.8) is 0 Å². The molecule has 0 radical (unpaired) electrons. The number of carbonyl (C=O) groups excluding carboxylic acids is 1. The van der Waals surface area contributed by atoms with Crippen molar-refractivity contribution in [3.05, 3.63) is 4.88 Å². The maximum atomic E-state index is 12.4. The number of amides is 1. The number of hydrogen-bond acceptors (Lipinski definition) is 6. The summed E-state index contributed by atoms with van der Waals surface area (Å²) in [5.41, 5.74) is 5.65. The zero-order valence-electron chi connectivity index (χ0n) is 12.2. The molecule has 1 aliphatic rings. The summed E-state index contributed by atoms with van der Waals surface area (Å²) in [4.78, 5) is 19.1. The van der Waals surface area contributed by atoms with Gasteiger partial charge < -0.3 is 20.7 Å². The van der Waals surface area contributed by atoms with Crippen molar-refractivity contribution >= 4 is 28.2 Å². The average Bonchev–Trinajstić information content (AvgIpc) is 2.80. The summed E-state index contributed by atoms with van der Waals surface area (Å²) < 4.78 is 5.33. The summed E-state index contributed by atoms with van der Waals surface area (Å²) in [7, 11) is 1.93. The minimum absolute atomic E-state index is 0.139. The predicted octanol–water partition coefficient (Wildman–Crippen LogP) is 1.48. The zero-order chi connectivity index (χ0) is 14.8. The fourth-order valence-corrected chi connectivity index (χ4v) is 2.96. The van der Waals surface area contributed by atoms with Crippen molar-refractivity contribution in [3.8, 4) is 0 Å². The Bertz CT molecular complexity index is 483. The van der Waals surface area contributed by atoms with Gasteiger partial charge in [-0.25, -0.2) is 4.98 Å². The van der Waals surface area contributed by atoms with Crippen LogP contribution in [-0.2, 0) is 4.74 Å². The van der Waals surface area contributed by atoms with Crippen LogP contribution in [0.15, 0.2) is 0 Å². The van der Waals surface area contributed by atoms with Crippen LogP contribution in [0, 0.1) is 0 Å². The van der Waals surface area contributed by atoms with Crippen molar-refractivity contribution in [1.29, 1.82) is 0 Å². The number of ether oxygens (including phenoxy) is 1. The summed E-state index contributed by atoms with van der Waals surface area (Å²) in [6.07, 6.45) is 1.64. The monoisotopic (exact) mass is 298 g/mol. The van der Waals surface area contributed by atoms with Gasteiger partial charge in [0.2, 0.25) is 0 Å². The molecule has 6 nitrogen and oxygen atoms in total. The first-order valence-corrected chi connectivity index (χ1v) is 7.64. The number of nitrogens with one attached hydrogen (secondary N) is 1. The molecule has 0 spiro atoms. The van der Waals surface area contributed by atoms with Gasteiger partial charge in [0.1, 0.15) is 10.7 Å². The Hall–Kier alpha value is -1.34. The van der Waals surface area contributed by atoms with Gasteiger partial charge in [0.05, 0.1) is 0 Å². The van der Waals surface area contributed by atoms with Gasteiger partial charge in [0.15, 0.2) is 5.13 Å². The molecule has 1 amide bonds. The van der Waals surface area contributed by atoms with Crippen molar-refractivity contribution in [2.24, 2.45) is 0 Å². The fraction of sp³-hybridized carbons (Fsp3) is 0.692. The smallest absolute Gasteiger partial charge is 0.265 e. The van der Waals surface area contributed by atoms with E-state index in [1.165, 1.54) is 11.3 Å². The molecule has 1 aromatic heterocycles. The molecule has 3 N–H and O–H groups in total. The Kier molecular flexibility index (Phi) is 4.49. The van der Waals surface area contributed by atoms with Gasteiger partial charge >= 0.3 is 0 Å². The first-order valence-electron chi connectivity index (χ1n) is 6.83. The zero-order valence-corrected chi connectivity index (χ0v) is 13.0. The molecule has 1 aliphatic heterocycles. The molecule has 7 heteroatoms. The highest BCUT2D eigenvalue weighted by Crippen LogP contribution is 2.28. The number of nitrogen functional groups attached to an aromatic ring is 1. The fourth-order valence-electron chi connectivity index (χ4n) is 2.06. The Morgan fingerprint density at radius 1 is 1.55 bits per heavy atom. The Morgan fingerprint density at radius 2 is 2.20 bits per heavy atom. The minimum atomic E-state index is -0.220. The van der Waals surface area contributed by atoms with Crippen molar-refractivity contribution < 1.29 is 9.53 Å². The number of hydrogen-bond donors (Lipinski definition) is 2. The van der Waals surface area contributed by atoms with Crippen LogP contribution in [0.25, 0.3) is 0 Å². The summed E-state index contributed by atoms with van der Waals surface area (Å²) in [5.74, 6) is 0.165. The number of aromatic nitrogens is 1. The van der Waals surface area contributed by atoms with E-state index in [0.717, 1.165) is 24.5 Å². The van der Waals surface area contributed by atoms with E-state index in [1.807, 2.05) is 25.8 Å². The molecule has 0 aromatic carbocycles. The number of anilines is 2. The highest BCUT2D eigenvalue weighted by molar-refractivity contribution is 7.18. The number of nitrogens with two attached hydrogens (primary N) is 1. The van der Waals surface area contributed by atoms with E-state index in [2.05, 4.69) is 10.3 Å². The second kappa shape index (κ2) is 5.97. The lowest BCUT2D eigenvalue weighted by Gasteiger charge is -2.34. The van der Waals surface area contributed by atoms with E-state index < -0.39 is 0 Å². The molecular formula is C13H22N4O2S. The number of nitrogens with zero attached hydrogens (tertiary/aromatic N) is 2. The van der Waals surface area contributed by atoms with Crippen molar-refractivity contribution in [2.75, 3.05) is 37.4 Å². The van der Waals surface area contributed by atoms with Crippen molar-refractivity contribution in [2.45, 2.75) is 32.2 Å². The summed E-state index contributed by atoms with van der Waals surface area (Å²) in [6, 6.07) is 0. The molecule has 1 aromatic rings. The standard InChI is InChI=1S/C13H22N4O2S/c1-4-17(3)12-15-10(14)9(20-12)11(18)16-13(2)5-7-19-8-6-13/h4-8,14H2,1-3H3,(H,16,18). The average molecular weight is 298 g/mol. The van der Waals surface area contributed by atoms with Gasteiger partial charge in [-0.2, -0.15) is 0 Å². The van der Waals surface area contributed by atoms with E-state index in [9.17, 15) is 4.79 Å². The molecule has 1 fully saturated rings. The SMILES string of the molecule is CCN(C)c1nc(N)c(C(=O)NC2(C)CCOCC2)s1. The Labute approximate surface area is 123 Å². The largest absolute Gasteiger partial charge is 0.382 e. The number of thiazole rings is 1. The summed E-state index contributed by atoms with van der Waals surface area (Å²) >= 11 is 1.33. The molecule has 1 saturated heterocycles. The molecule has 2 heterocycles. The Morgan fingerprint density at radius 3 is 2.80 bits per heavy atom. The normalized spacial score (nSPS) is 17.8. The van der Waals surface area contributed by atoms with Gasteiger partial charge in [0.25, 0.3) is 5.91 Å². The van der Waals surface area contributed by atoms with E-state index in [4.69, 9.17) is 10.5 Å². The molecule has 112 valence electrons. The van der Waals surface area contributed by atoms with Crippen LogP contribution in [-0.4, -0.2) is 43.2 Å². The lowest BCUT2D eigenvalue weighted by molar-refractivity contribution is 0.0424. The van der Waals surface area contributed by atoms with Crippen LogP contribution in [0.3, 0.4) is 0 Å². The van der Waals surface area contributed by atoms with E-state index in [-0.39, 0.29) is 11.4 Å². The third-order valence-corrected chi connectivity index (χ3v) is 4.85. The minimum Gasteiger partial charge on any atom is -0.382 e. The van der Waals surface area contributed by atoms with E-state index in [1.54, 1.807) is 0 Å². The molecule has 0 aliphatic carbocycles. The molecule has 0 saturated carbocycles. The van der Waals surface area contributed by atoms with Crippen LogP contribution < -0.4 is 16.0 Å². The Balaban J connectivity index is 2.11. The molecular weight excluding hydrogens is 276 g/mol. The van der Waals surface area contributed by atoms with Gasteiger partial charge in [0, 0.05) is 32.3 Å². The summed E-state index contributed by atoms with van der Waals surface area (Å²) in [6.45, 7) is 6.25. The van der Waals surface area contributed by atoms with Gasteiger partial charge in [-0.1, -0.05) is 11.3 Å². The van der Waals surface area contributed by atoms with Gasteiger partial charge in [-0.3, -0.25) is 4.79 Å². The highest BCUT2D eigenvalue weighted by Gasteiger charge is 2.30. The maximum Gasteiger partial charge on any atom is 0.265 e. The third-order valence-electron chi connectivity index (χ3n) is 3.66. The topological polar surface area (TPSA) is 80.5 Å². The van der Waals surface area contributed by atoms with Gasteiger partial charge in [-0.05, 0) is 26.7 Å². The summed E-state index contributed by atoms with van der Waals surface area (Å²) in [5, 5.41) is 3.85. The van der Waals surface area contributed by atoms with Crippen molar-refractivity contribution in [1.82, 2.24) is 10.3 Å². The van der Waals surface area contributed by atoms with Crippen LogP contribution in [0.2, 0.25) is 0 Å². The second-order valence-electron chi connectivity index (χ2n) is 5.35.